The summed E-state index contributed by atoms with van der Waals surface area (Å²) in [5.41, 5.74) is 0.261. The highest BCUT2D eigenvalue weighted by molar-refractivity contribution is 7.89. The molecule has 2 rings (SSSR count). The third-order valence-electron chi connectivity index (χ3n) is 3.81. The van der Waals surface area contributed by atoms with Crippen LogP contribution in [-0.2, 0) is 14.8 Å². The lowest BCUT2D eigenvalue weighted by Crippen LogP contribution is -2.30. The number of halogens is 1. The molecule has 1 amide bonds. The first-order valence-corrected chi connectivity index (χ1v) is 10.7. The van der Waals surface area contributed by atoms with Crippen molar-refractivity contribution >= 4 is 50.5 Å². The minimum Gasteiger partial charge on any atom is -0.465 e. The fourth-order valence-electron chi connectivity index (χ4n) is 2.40. The van der Waals surface area contributed by atoms with E-state index in [4.69, 9.17) is 11.6 Å². The Kier molecular flexibility index (Phi) is 6.99. The zero-order valence-electron chi connectivity index (χ0n) is 15.0. The number of sulfonamides is 1. The van der Waals surface area contributed by atoms with Crippen molar-refractivity contribution in [1.29, 1.82) is 0 Å². The highest BCUT2D eigenvalue weighted by atomic mass is 35.5. The van der Waals surface area contributed by atoms with Gasteiger partial charge in [0.15, 0.2) is 0 Å². The van der Waals surface area contributed by atoms with E-state index in [1.54, 1.807) is 25.3 Å². The van der Waals surface area contributed by atoms with Crippen molar-refractivity contribution in [2.45, 2.75) is 18.7 Å². The number of ether oxygens (including phenoxy) is 1. The van der Waals surface area contributed by atoms with E-state index in [2.05, 4.69) is 10.1 Å². The van der Waals surface area contributed by atoms with Crippen LogP contribution in [0.5, 0.6) is 0 Å². The van der Waals surface area contributed by atoms with Crippen LogP contribution in [0.2, 0.25) is 5.02 Å². The fourth-order valence-corrected chi connectivity index (χ4v) is 4.85. The molecule has 10 heteroatoms. The fraction of sp³-hybridized carbons (Fsp3) is 0.294. The standard InChI is InChI=1S/C17H19ClN2O5S2/c1-4-20(5-2)27(23,24)11-6-7-13(18)12(10-11)16(21)19-14-8-9-26-15(14)17(22)25-3/h6-10H,4-5H2,1-3H3,(H,19,21). The molecule has 0 saturated heterocycles. The number of hydrogen-bond acceptors (Lipinski definition) is 6. The van der Waals surface area contributed by atoms with Crippen LogP contribution in [0.25, 0.3) is 0 Å². The number of carbonyl (C=O) groups excluding carboxylic acids is 2. The van der Waals surface area contributed by atoms with Gasteiger partial charge in [0.2, 0.25) is 10.0 Å². The predicted octanol–water partition coefficient (Wildman–Crippen LogP) is 3.47. The summed E-state index contributed by atoms with van der Waals surface area (Å²) in [7, 11) is -2.50. The van der Waals surface area contributed by atoms with E-state index in [9.17, 15) is 18.0 Å². The summed E-state index contributed by atoms with van der Waals surface area (Å²) >= 11 is 7.22. The number of rotatable bonds is 7. The number of thiophene rings is 1. The molecule has 0 aliphatic heterocycles. The van der Waals surface area contributed by atoms with Crippen molar-refractivity contribution in [3.8, 4) is 0 Å². The van der Waals surface area contributed by atoms with Gasteiger partial charge in [-0.15, -0.1) is 11.3 Å². The zero-order chi connectivity index (χ0) is 20.2. The molecule has 0 radical (unpaired) electrons. The first kappa shape index (κ1) is 21.4. The summed E-state index contributed by atoms with van der Waals surface area (Å²) < 4.78 is 31.3. The second-order valence-corrected chi connectivity index (χ2v) is 8.60. The van der Waals surface area contributed by atoms with Crippen LogP contribution in [0.15, 0.2) is 34.5 Å². The van der Waals surface area contributed by atoms with Crippen LogP contribution in [0.3, 0.4) is 0 Å². The molecule has 1 aromatic carbocycles. The molecule has 7 nitrogen and oxygen atoms in total. The zero-order valence-corrected chi connectivity index (χ0v) is 17.4. The molecule has 146 valence electrons. The number of nitrogens with zero attached hydrogens (tertiary/aromatic N) is 1. The van der Waals surface area contributed by atoms with Crippen LogP contribution >= 0.6 is 22.9 Å². The minimum atomic E-state index is -3.74. The molecule has 1 aromatic heterocycles. The van der Waals surface area contributed by atoms with Gasteiger partial charge in [-0.2, -0.15) is 4.31 Å². The maximum atomic E-state index is 12.7. The Hall–Kier alpha value is -1.94. The predicted molar refractivity (Wildman–Crippen MR) is 105 cm³/mol. The molecule has 0 aliphatic carbocycles. The summed E-state index contributed by atoms with van der Waals surface area (Å²) in [6, 6.07) is 5.51. The topological polar surface area (TPSA) is 92.8 Å². The Morgan fingerprint density at radius 2 is 1.89 bits per heavy atom. The van der Waals surface area contributed by atoms with Gasteiger partial charge in [-0.3, -0.25) is 4.79 Å². The molecule has 1 heterocycles. The number of carbonyl (C=O) groups is 2. The molecule has 27 heavy (non-hydrogen) atoms. The first-order chi connectivity index (χ1) is 12.8. The van der Waals surface area contributed by atoms with Gasteiger partial charge in [0.05, 0.1) is 28.3 Å². The van der Waals surface area contributed by atoms with E-state index in [1.807, 2.05) is 0 Å². The Labute approximate surface area is 166 Å². The summed E-state index contributed by atoms with van der Waals surface area (Å²) in [6.07, 6.45) is 0. The number of benzene rings is 1. The van der Waals surface area contributed by atoms with Gasteiger partial charge in [0, 0.05) is 13.1 Å². The second kappa shape index (κ2) is 8.83. The van der Waals surface area contributed by atoms with Crippen LogP contribution in [0.1, 0.15) is 33.9 Å². The Bertz CT molecular complexity index is 952. The van der Waals surface area contributed by atoms with Gasteiger partial charge < -0.3 is 10.1 Å². The quantitative estimate of drug-likeness (QED) is 0.679. The lowest BCUT2D eigenvalue weighted by atomic mass is 10.2. The Morgan fingerprint density at radius 3 is 2.48 bits per heavy atom. The van der Waals surface area contributed by atoms with Gasteiger partial charge in [-0.25, -0.2) is 13.2 Å². The van der Waals surface area contributed by atoms with E-state index in [0.29, 0.717) is 13.1 Å². The maximum absolute atomic E-state index is 12.7. The van der Waals surface area contributed by atoms with Crippen molar-refractivity contribution in [2.75, 3.05) is 25.5 Å². The molecule has 2 aromatic rings. The van der Waals surface area contributed by atoms with Gasteiger partial charge in [-0.05, 0) is 29.6 Å². The number of nitrogens with one attached hydrogen (secondary N) is 1. The largest absolute Gasteiger partial charge is 0.465 e. The van der Waals surface area contributed by atoms with Crippen LogP contribution in [-0.4, -0.2) is 44.8 Å². The van der Waals surface area contributed by atoms with Crippen molar-refractivity contribution in [2.24, 2.45) is 0 Å². The molecular weight excluding hydrogens is 412 g/mol. The van der Waals surface area contributed by atoms with Gasteiger partial charge >= 0.3 is 5.97 Å². The SMILES string of the molecule is CCN(CC)S(=O)(=O)c1ccc(Cl)c(C(=O)Nc2ccsc2C(=O)OC)c1. The van der Waals surface area contributed by atoms with Crippen LogP contribution in [0, 0.1) is 0 Å². The first-order valence-electron chi connectivity index (χ1n) is 8.03. The molecule has 0 atom stereocenters. The average molecular weight is 431 g/mol. The summed E-state index contributed by atoms with van der Waals surface area (Å²) in [5.74, 6) is -1.20. The third kappa shape index (κ3) is 4.49. The van der Waals surface area contributed by atoms with Crippen molar-refractivity contribution in [3.63, 3.8) is 0 Å². The highest BCUT2D eigenvalue weighted by Gasteiger charge is 2.24. The molecule has 0 fully saturated rings. The summed E-state index contributed by atoms with van der Waals surface area (Å²) in [5, 5.41) is 4.30. The molecule has 0 spiro atoms. The van der Waals surface area contributed by atoms with E-state index >= 15 is 0 Å². The van der Waals surface area contributed by atoms with Crippen molar-refractivity contribution in [1.82, 2.24) is 4.31 Å². The molecule has 0 aliphatic rings. The number of amides is 1. The van der Waals surface area contributed by atoms with Gasteiger partial charge in [0.1, 0.15) is 4.88 Å². The number of methoxy groups -OCH3 is 1. The van der Waals surface area contributed by atoms with Crippen LogP contribution < -0.4 is 5.32 Å². The van der Waals surface area contributed by atoms with E-state index in [0.717, 1.165) is 11.3 Å². The number of anilines is 1. The third-order valence-corrected chi connectivity index (χ3v) is 7.08. The molecular formula is C17H19ClN2O5S2. The molecule has 1 N–H and O–H groups in total. The molecule has 0 unspecified atom stereocenters. The van der Waals surface area contributed by atoms with Gasteiger partial charge in [-0.1, -0.05) is 25.4 Å². The lowest BCUT2D eigenvalue weighted by Gasteiger charge is -2.19. The lowest BCUT2D eigenvalue weighted by molar-refractivity contribution is 0.0607. The van der Waals surface area contributed by atoms with E-state index in [-0.39, 0.29) is 26.0 Å². The normalized spacial score (nSPS) is 11.4. The minimum absolute atomic E-state index is 0.00749. The number of hydrogen-bond donors (Lipinski definition) is 1. The molecule has 0 saturated carbocycles. The average Bonchev–Trinajstić information content (AvgIpc) is 3.10. The van der Waals surface area contributed by atoms with Crippen molar-refractivity contribution in [3.05, 3.63) is 45.1 Å². The smallest absolute Gasteiger partial charge is 0.350 e. The Balaban J connectivity index is 2.38. The Morgan fingerprint density at radius 1 is 1.22 bits per heavy atom. The van der Waals surface area contributed by atoms with Crippen LogP contribution in [0.4, 0.5) is 5.69 Å². The monoisotopic (exact) mass is 430 g/mol. The maximum Gasteiger partial charge on any atom is 0.350 e. The summed E-state index contributed by atoms with van der Waals surface area (Å²) in [6.45, 7) is 4.08. The highest BCUT2D eigenvalue weighted by Crippen LogP contribution is 2.27. The second-order valence-electron chi connectivity index (χ2n) is 5.34. The van der Waals surface area contributed by atoms with Crippen molar-refractivity contribution < 1.29 is 22.7 Å². The number of esters is 1. The molecule has 0 bridgehead atoms. The van der Waals surface area contributed by atoms with E-state index in [1.165, 1.54) is 29.6 Å². The van der Waals surface area contributed by atoms with E-state index < -0.39 is 21.9 Å². The van der Waals surface area contributed by atoms with Gasteiger partial charge in [0.25, 0.3) is 5.91 Å². The summed E-state index contributed by atoms with van der Waals surface area (Å²) in [4.78, 5) is 24.6.